The summed E-state index contributed by atoms with van der Waals surface area (Å²) >= 11 is 0. The summed E-state index contributed by atoms with van der Waals surface area (Å²) in [6, 6.07) is 0. The van der Waals surface area contributed by atoms with Crippen LogP contribution in [0.4, 0.5) is 0 Å². The van der Waals surface area contributed by atoms with Crippen LogP contribution in [0.3, 0.4) is 0 Å². The van der Waals surface area contributed by atoms with Gasteiger partial charge in [-0.25, -0.2) is 0 Å². The van der Waals surface area contributed by atoms with Crippen LogP contribution in [-0.2, 0) is 4.79 Å². The standard InChI is InChI=1S/C28H56O/c1-4-27(2)25-23-21-19-17-15-13-11-9-7-5-6-8-10-12-14-16-18-20-22-24-26-28(3)29/h27H,4-26H2,1-3H3. The van der Waals surface area contributed by atoms with Crippen LogP contribution in [0.25, 0.3) is 0 Å². The fourth-order valence-electron chi connectivity index (χ4n) is 4.25. The molecule has 0 heterocycles. The first-order chi connectivity index (χ1) is 14.2. The van der Waals surface area contributed by atoms with E-state index in [2.05, 4.69) is 13.8 Å². The van der Waals surface area contributed by atoms with Gasteiger partial charge in [0, 0.05) is 6.42 Å². The van der Waals surface area contributed by atoms with Gasteiger partial charge in [0.2, 0.25) is 0 Å². The van der Waals surface area contributed by atoms with Gasteiger partial charge in [0.15, 0.2) is 0 Å². The normalized spacial score (nSPS) is 12.4. The minimum atomic E-state index is 0.350. The molecule has 174 valence electrons. The van der Waals surface area contributed by atoms with Crippen molar-refractivity contribution in [2.75, 3.05) is 0 Å². The van der Waals surface area contributed by atoms with Crippen LogP contribution in [0, 0.1) is 5.92 Å². The number of rotatable bonds is 24. The minimum absolute atomic E-state index is 0.350. The monoisotopic (exact) mass is 408 g/mol. The summed E-state index contributed by atoms with van der Waals surface area (Å²) in [4.78, 5) is 10.9. The SMILES string of the molecule is CCC(C)CCCCCCCCCCCCCCCCCCCCCCC(C)=O. The molecule has 0 amide bonds. The molecule has 0 aliphatic rings. The van der Waals surface area contributed by atoms with Gasteiger partial charge >= 0.3 is 0 Å². The molecule has 0 aliphatic heterocycles. The zero-order valence-electron chi connectivity index (χ0n) is 20.7. The molecule has 0 spiro atoms. The van der Waals surface area contributed by atoms with Crippen LogP contribution in [0.1, 0.15) is 168 Å². The van der Waals surface area contributed by atoms with Gasteiger partial charge in [-0.3, -0.25) is 0 Å². The fourth-order valence-corrected chi connectivity index (χ4v) is 4.25. The molecule has 0 saturated carbocycles. The molecule has 0 radical (unpaired) electrons. The Balaban J connectivity index is 3.02. The summed E-state index contributed by atoms with van der Waals surface area (Å²) in [5.41, 5.74) is 0. The Morgan fingerprint density at radius 3 is 1.07 bits per heavy atom. The van der Waals surface area contributed by atoms with Gasteiger partial charge in [0.25, 0.3) is 0 Å². The highest BCUT2D eigenvalue weighted by Crippen LogP contribution is 2.16. The number of carbonyl (C=O) groups excluding carboxylic acids is 1. The number of hydrogen-bond acceptors (Lipinski definition) is 1. The van der Waals surface area contributed by atoms with E-state index in [1.807, 2.05) is 0 Å². The topological polar surface area (TPSA) is 17.1 Å². The van der Waals surface area contributed by atoms with Gasteiger partial charge < -0.3 is 4.79 Å². The molecule has 0 aromatic heterocycles. The largest absolute Gasteiger partial charge is 0.300 e. The molecule has 0 aliphatic carbocycles. The lowest BCUT2D eigenvalue weighted by Gasteiger charge is -2.07. The van der Waals surface area contributed by atoms with Crippen LogP contribution >= 0.6 is 0 Å². The van der Waals surface area contributed by atoms with Crippen molar-refractivity contribution in [3.05, 3.63) is 0 Å². The van der Waals surface area contributed by atoms with E-state index in [0.717, 1.165) is 18.8 Å². The molecule has 0 rings (SSSR count). The predicted octanol–water partition coefficient (Wildman–Crippen LogP) is 10.2. The molecule has 1 nitrogen and oxygen atoms in total. The molecule has 0 aromatic carbocycles. The molecule has 1 unspecified atom stereocenters. The first-order valence-corrected chi connectivity index (χ1v) is 13.7. The average molecular weight is 409 g/mol. The smallest absolute Gasteiger partial charge is 0.129 e. The third kappa shape index (κ3) is 25.6. The van der Waals surface area contributed by atoms with Crippen molar-refractivity contribution >= 4 is 5.78 Å². The molecule has 0 bridgehead atoms. The Hall–Kier alpha value is -0.330. The van der Waals surface area contributed by atoms with Gasteiger partial charge in [-0.1, -0.05) is 149 Å². The number of ketones is 1. The lowest BCUT2D eigenvalue weighted by Crippen LogP contribution is -1.91. The zero-order valence-corrected chi connectivity index (χ0v) is 20.7. The number of carbonyl (C=O) groups is 1. The summed E-state index contributed by atoms with van der Waals surface area (Å²) in [5.74, 6) is 1.29. The molecule has 0 aromatic rings. The van der Waals surface area contributed by atoms with Crippen LogP contribution in [-0.4, -0.2) is 5.78 Å². The summed E-state index contributed by atoms with van der Waals surface area (Å²) in [6.07, 6.45) is 31.9. The number of hydrogen-bond donors (Lipinski definition) is 0. The maximum Gasteiger partial charge on any atom is 0.129 e. The van der Waals surface area contributed by atoms with E-state index in [9.17, 15) is 4.79 Å². The van der Waals surface area contributed by atoms with E-state index in [0.29, 0.717) is 5.78 Å². The highest BCUT2D eigenvalue weighted by atomic mass is 16.1. The lowest BCUT2D eigenvalue weighted by molar-refractivity contribution is -0.117. The van der Waals surface area contributed by atoms with E-state index in [1.54, 1.807) is 6.92 Å². The van der Waals surface area contributed by atoms with Gasteiger partial charge in [-0.05, 0) is 19.3 Å². The Kier molecular flexibility index (Phi) is 23.7. The molecule has 1 heteroatoms. The third-order valence-electron chi connectivity index (χ3n) is 6.67. The van der Waals surface area contributed by atoms with E-state index in [-0.39, 0.29) is 0 Å². The maximum absolute atomic E-state index is 10.9. The molecule has 0 fully saturated rings. The molecule has 1 atom stereocenters. The predicted molar refractivity (Wildman–Crippen MR) is 132 cm³/mol. The summed E-state index contributed by atoms with van der Waals surface area (Å²) < 4.78 is 0. The molecule has 0 N–H and O–H groups in total. The second-order valence-corrected chi connectivity index (χ2v) is 9.83. The van der Waals surface area contributed by atoms with Gasteiger partial charge in [0.1, 0.15) is 5.78 Å². The van der Waals surface area contributed by atoms with E-state index in [1.165, 1.54) is 135 Å². The van der Waals surface area contributed by atoms with Gasteiger partial charge in [0.05, 0.1) is 0 Å². The van der Waals surface area contributed by atoms with Crippen LogP contribution in [0.5, 0.6) is 0 Å². The van der Waals surface area contributed by atoms with Crippen molar-refractivity contribution in [2.45, 2.75) is 168 Å². The van der Waals surface area contributed by atoms with E-state index in [4.69, 9.17) is 0 Å². The van der Waals surface area contributed by atoms with Crippen molar-refractivity contribution in [1.29, 1.82) is 0 Å². The van der Waals surface area contributed by atoms with Crippen LogP contribution in [0.2, 0.25) is 0 Å². The molecular formula is C28H56O. The van der Waals surface area contributed by atoms with Gasteiger partial charge in [-0.2, -0.15) is 0 Å². The van der Waals surface area contributed by atoms with Crippen LogP contribution < -0.4 is 0 Å². The van der Waals surface area contributed by atoms with Crippen molar-refractivity contribution in [3.8, 4) is 0 Å². The Bertz CT molecular complexity index is 322. The van der Waals surface area contributed by atoms with Crippen molar-refractivity contribution in [3.63, 3.8) is 0 Å². The molecular weight excluding hydrogens is 352 g/mol. The highest BCUT2D eigenvalue weighted by molar-refractivity contribution is 5.75. The van der Waals surface area contributed by atoms with E-state index < -0.39 is 0 Å². The first-order valence-electron chi connectivity index (χ1n) is 13.7. The third-order valence-corrected chi connectivity index (χ3v) is 6.67. The number of Topliss-reactive ketones (excluding diaryl/α,β-unsaturated/α-hetero) is 1. The molecule has 29 heavy (non-hydrogen) atoms. The average Bonchev–Trinajstić information content (AvgIpc) is 2.71. The zero-order chi connectivity index (χ0) is 21.4. The van der Waals surface area contributed by atoms with Gasteiger partial charge in [-0.15, -0.1) is 0 Å². The Morgan fingerprint density at radius 1 is 0.517 bits per heavy atom. The van der Waals surface area contributed by atoms with Crippen LogP contribution in [0.15, 0.2) is 0 Å². The van der Waals surface area contributed by atoms with Crippen molar-refractivity contribution < 1.29 is 4.79 Å². The second-order valence-electron chi connectivity index (χ2n) is 9.83. The van der Waals surface area contributed by atoms with Crippen molar-refractivity contribution in [1.82, 2.24) is 0 Å². The first kappa shape index (κ1) is 28.7. The fraction of sp³-hybridized carbons (Fsp3) is 0.964. The summed E-state index contributed by atoms with van der Waals surface area (Å²) in [7, 11) is 0. The summed E-state index contributed by atoms with van der Waals surface area (Å²) in [5, 5.41) is 0. The Labute approximate surface area is 185 Å². The number of unbranched alkanes of at least 4 members (excludes halogenated alkanes) is 19. The van der Waals surface area contributed by atoms with E-state index >= 15 is 0 Å². The van der Waals surface area contributed by atoms with Crippen molar-refractivity contribution in [2.24, 2.45) is 5.92 Å². The summed E-state index contributed by atoms with van der Waals surface area (Å²) in [6.45, 7) is 6.41. The quantitative estimate of drug-likeness (QED) is 0.145. The highest BCUT2D eigenvalue weighted by Gasteiger charge is 1.99. The lowest BCUT2D eigenvalue weighted by atomic mass is 9.99. The maximum atomic E-state index is 10.9. The minimum Gasteiger partial charge on any atom is -0.300 e. The molecule has 0 saturated heterocycles. The second kappa shape index (κ2) is 23.9. The Morgan fingerprint density at radius 2 is 0.793 bits per heavy atom.